The van der Waals surface area contributed by atoms with Crippen molar-refractivity contribution in [2.24, 2.45) is 5.73 Å². The number of aliphatic hydroxyl groups is 1. The molecule has 0 bridgehead atoms. The topological polar surface area (TPSA) is 112 Å². The smallest absolute Gasteiger partial charge is 0.406 e. The third-order valence-electron chi connectivity index (χ3n) is 5.26. The van der Waals surface area contributed by atoms with Gasteiger partial charge in [-0.3, -0.25) is 4.79 Å². The van der Waals surface area contributed by atoms with E-state index in [1.165, 1.54) is 36.4 Å². The second kappa shape index (κ2) is 9.86. The minimum atomic E-state index is -4.96. The van der Waals surface area contributed by atoms with Crippen molar-refractivity contribution in [1.29, 1.82) is 5.41 Å². The van der Waals surface area contributed by atoms with Gasteiger partial charge in [-0.15, -0.1) is 13.2 Å². The number of halogens is 6. The number of nitrogens with zero attached hydrogens (tertiary/aromatic N) is 1. The van der Waals surface area contributed by atoms with Gasteiger partial charge in [0.1, 0.15) is 18.5 Å². The van der Waals surface area contributed by atoms with E-state index in [9.17, 15) is 36.2 Å². The SMILES string of the molecule is N=C/C(=C\N)[C@@H]1[C@@H](C(O)Nc2cccc(OC(F)(F)F)c2)c2ccccc2C(=O)N1CC(F)(F)F. The number of nitrogens with one attached hydrogen (secondary N) is 2. The number of ether oxygens (including phenoxy) is 1. The van der Waals surface area contributed by atoms with Gasteiger partial charge in [0.2, 0.25) is 0 Å². The van der Waals surface area contributed by atoms with E-state index >= 15 is 0 Å². The molecule has 1 amide bonds. The molecule has 0 saturated heterocycles. The Morgan fingerprint density at radius 1 is 1.17 bits per heavy atom. The molecular weight excluding hydrogens is 482 g/mol. The van der Waals surface area contributed by atoms with Gasteiger partial charge in [-0.1, -0.05) is 24.3 Å². The number of amides is 1. The van der Waals surface area contributed by atoms with Crippen molar-refractivity contribution in [3.05, 3.63) is 71.4 Å². The van der Waals surface area contributed by atoms with Crippen LogP contribution in [0.4, 0.5) is 32.0 Å². The fraction of sp³-hybridized carbons (Fsp3) is 0.273. The first-order chi connectivity index (χ1) is 16.3. The van der Waals surface area contributed by atoms with E-state index in [4.69, 9.17) is 11.1 Å². The van der Waals surface area contributed by atoms with Crippen LogP contribution in [0.25, 0.3) is 0 Å². The molecule has 5 N–H and O–H groups in total. The van der Waals surface area contributed by atoms with E-state index in [2.05, 4.69) is 10.1 Å². The summed E-state index contributed by atoms with van der Waals surface area (Å²) in [4.78, 5) is 13.5. The normalized spacial score (nSPS) is 19.7. The molecule has 1 heterocycles. The van der Waals surface area contributed by atoms with Crippen molar-refractivity contribution in [2.45, 2.75) is 30.7 Å². The zero-order chi connectivity index (χ0) is 26.0. The fourth-order valence-corrected chi connectivity index (χ4v) is 4.00. The van der Waals surface area contributed by atoms with Gasteiger partial charge in [-0.05, 0) is 23.8 Å². The standard InChI is InChI=1S/C22H20F6N4O3/c23-21(24,25)11-32-18(12(9-29)10-30)17(15-6-1-2-7-16(15)20(32)34)19(33)31-13-4-3-5-14(8-13)35-22(26,27)28/h1-10,17-19,29,31,33H,11,30H2/b12-10+,29-9?/t17-,18+,19?/m0/s1. The summed E-state index contributed by atoms with van der Waals surface area (Å²) in [6.07, 6.45) is -9.96. The molecule has 13 heteroatoms. The molecule has 0 aliphatic carbocycles. The van der Waals surface area contributed by atoms with Crippen molar-refractivity contribution in [1.82, 2.24) is 4.90 Å². The van der Waals surface area contributed by atoms with Gasteiger partial charge in [0.15, 0.2) is 0 Å². The molecule has 0 saturated carbocycles. The molecule has 0 radical (unpaired) electrons. The summed E-state index contributed by atoms with van der Waals surface area (Å²) in [5.41, 5.74) is 5.39. The van der Waals surface area contributed by atoms with Gasteiger partial charge in [-0.2, -0.15) is 13.2 Å². The highest BCUT2D eigenvalue weighted by atomic mass is 19.4. The monoisotopic (exact) mass is 502 g/mol. The number of fused-ring (bicyclic) bond motifs is 1. The summed E-state index contributed by atoms with van der Waals surface area (Å²) in [6.45, 7) is -1.69. The fourth-order valence-electron chi connectivity index (χ4n) is 4.00. The number of benzene rings is 2. The van der Waals surface area contributed by atoms with Gasteiger partial charge < -0.3 is 31.2 Å². The Morgan fingerprint density at radius 2 is 1.86 bits per heavy atom. The largest absolute Gasteiger partial charge is 0.573 e. The maximum atomic E-state index is 13.4. The summed E-state index contributed by atoms with van der Waals surface area (Å²) < 4.78 is 81.8. The number of alkyl halides is 6. The minimum absolute atomic E-state index is 0.0390. The molecular formula is C22H20F6N4O3. The highest BCUT2D eigenvalue weighted by Crippen LogP contribution is 2.40. The molecule has 3 atom stereocenters. The average Bonchev–Trinajstić information content (AvgIpc) is 2.75. The van der Waals surface area contributed by atoms with E-state index in [0.717, 1.165) is 18.3 Å². The molecule has 1 aliphatic heterocycles. The van der Waals surface area contributed by atoms with Crippen LogP contribution in [0.1, 0.15) is 21.8 Å². The van der Waals surface area contributed by atoms with E-state index in [0.29, 0.717) is 11.1 Å². The van der Waals surface area contributed by atoms with E-state index in [-0.39, 0.29) is 22.4 Å². The number of hydrogen-bond acceptors (Lipinski definition) is 6. The lowest BCUT2D eigenvalue weighted by atomic mass is 9.78. The summed E-state index contributed by atoms with van der Waals surface area (Å²) in [7, 11) is 0. The van der Waals surface area contributed by atoms with Crippen LogP contribution in [-0.4, -0.2) is 53.5 Å². The maximum absolute atomic E-state index is 13.4. The number of hydrogen-bond donors (Lipinski definition) is 4. The number of aliphatic hydroxyl groups excluding tert-OH is 1. The lowest BCUT2D eigenvalue weighted by molar-refractivity contribution is -0.274. The van der Waals surface area contributed by atoms with E-state index < -0.39 is 48.9 Å². The van der Waals surface area contributed by atoms with Gasteiger partial charge in [0.05, 0.1) is 12.0 Å². The molecule has 3 rings (SSSR count). The second-order valence-electron chi connectivity index (χ2n) is 7.58. The van der Waals surface area contributed by atoms with Crippen LogP contribution < -0.4 is 15.8 Å². The van der Waals surface area contributed by atoms with Crippen LogP contribution in [0, 0.1) is 5.41 Å². The lowest BCUT2D eigenvalue weighted by Crippen LogP contribution is -2.56. The molecule has 0 aromatic heterocycles. The predicted molar refractivity (Wildman–Crippen MR) is 114 cm³/mol. The Bertz CT molecular complexity index is 1120. The number of carbonyl (C=O) groups is 1. The van der Waals surface area contributed by atoms with Crippen LogP contribution in [0.15, 0.2) is 60.3 Å². The van der Waals surface area contributed by atoms with Gasteiger partial charge in [-0.25, -0.2) is 0 Å². The number of nitrogens with two attached hydrogens (primary N) is 1. The zero-order valence-corrected chi connectivity index (χ0v) is 17.8. The Labute approximate surface area is 195 Å². The highest BCUT2D eigenvalue weighted by Gasteiger charge is 2.48. The molecule has 0 spiro atoms. The number of rotatable bonds is 7. The van der Waals surface area contributed by atoms with Crippen LogP contribution >= 0.6 is 0 Å². The third kappa shape index (κ3) is 6.04. The molecule has 7 nitrogen and oxygen atoms in total. The van der Waals surface area contributed by atoms with Crippen molar-refractivity contribution < 1.29 is 41.0 Å². The molecule has 2 aromatic rings. The number of carbonyl (C=O) groups excluding carboxylic acids is 1. The van der Waals surface area contributed by atoms with Crippen molar-refractivity contribution in [2.75, 3.05) is 11.9 Å². The molecule has 188 valence electrons. The second-order valence-corrected chi connectivity index (χ2v) is 7.58. The van der Waals surface area contributed by atoms with E-state index in [1.807, 2.05) is 0 Å². The third-order valence-corrected chi connectivity index (χ3v) is 5.26. The highest BCUT2D eigenvalue weighted by molar-refractivity contribution is 5.99. The maximum Gasteiger partial charge on any atom is 0.573 e. The first-order valence-corrected chi connectivity index (χ1v) is 10.0. The van der Waals surface area contributed by atoms with Crippen LogP contribution in [0.2, 0.25) is 0 Å². The Morgan fingerprint density at radius 3 is 2.46 bits per heavy atom. The van der Waals surface area contributed by atoms with Gasteiger partial charge >= 0.3 is 12.5 Å². The minimum Gasteiger partial charge on any atom is -0.406 e. The quantitative estimate of drug-likeness (QED) is 0.260. The molecule has 1 aliphatic rings. The molecule has 0 fully saturated rings. The van der Waals surface area contributed by atoms with Gasteiger partial charge in [0.25, 0.3) is 5.91 Å². The number of anilines is 1. The lowest BCUT2D eigenvalue weighted by Gasteiger charge is -2.44. The Kier molecular flexibility index (Phi) is 7.29. The summed E-state index contributed by atoms with van der Waals surface area (Å²) in [5, 5.41) is 21.2. The zero-order valence-electron chi connectivity index (χ0n) is 17.8. The van der Waals surface area contributed by atoms with Crippen molar-refractivity contribution in [3.63, 3.8) is 0 Å². The van der Waals surface area contributed by atoms with Gasteiger partial charge in [0, 0.05) is 35.3 Å². The predicted octanol–water partition coefficient (Wildman–Crippen LogP) is 3.98. The first-order valence-electron chi connectivity index (χ1n) is 10.0. The summed E-state index contributed by atoms with van der Waals surface area (Å²) in [5.74, 6) is -2.85. The molecule has 35 heavy (non-hydrogen) atoms. The molecule has 1 unspecified atom stereocenters. The summed E-state index contributed by atoms with van der Waals surface area (Å²) >= 11 is 0. The van der Waals surface area contributed by atoms with Crippen molar-refractivity contribution >= 4 is 17.8 Å². The summed E-state index contributed by atoms with van der Waals surface area (Å²) in [6, 6.07) is 8.65. The van der Waals surface area contributed by atoms with Crippen LogP contribution in [0.5, 0.6) is 5.75 Å². The van der Waals surface area contributed by atoms with Crippen LogP contribution in [0.3, 0.4) is 0 Å². The van der Waals surface area contributed by atoms with E-state index in [1.54, 1.807) is 0 Å². The molecule has 2 aromatic carbocycles. The Hall–Kier alpha value is -3.74. The average molecular weight is 502 g/mol. The van der Waals surface area contributed by atoms with Crippen LogP contribution in [-0.2, 0) is 0 Å². The van der Waals surface area contributed by atoms with Crippen molar-refractivity contribution in [3.8, 4) is 5.75 Å². The Balaban J connectivity index is 2.07. The first kappa shape index (κ1) is 25.9.